The largest absolute Gasteiger partial charge is 0.485 e. The molecule has 0 saturated carbocycles. The lowest BCUT2D eigenvalue weighted by Gasteiger charge is -2.14. The van der Waals surface area contributed by atoms with Crippen molar-refractivity contribution in [1.82, 2.24) is 0 Å². The van der Waals surface area contributed by atoms with Crippen LogP contribution in [0.15, 0.2) is 109 Å². The van der Waals surface area contributed by atoms with Gasteiger partial charge in [0, 0.05) is 5.69 Å². The summed E-state index contributed by atoms with van der Waals surface area (Å²) in [5, 5.41) is 12.4. The number of nitriles is 1. The Morgan fingerprint density at radius 2 is 1.39 bits per heavy atom. The lowest BCUT2D eigenvalue weighted by Crippen LogP contribution is -2.13. The van der Waals surface area contributed by atoms with Gasteiger partial charge in [-0.2, -0.15) is 5.26 Å². The molecule has 4 aromatic carbocycles. The fourth-order valence-corrected chi connectivity index (χ4v) is 3.47. The predicted molar refractivity (Wildman–Crippen MR) is 141 cm³/mol. The second-order valence-electron chi connectivity index (χ2n) is 8.24. The van der Waals surface area contributed by atoms with Gasteiger partial charge in [0.15, 0.2) is 11.5 Å². The van der Waals surface area contributed by atoms with Crippen LogP contribution in [0.25, 0.3) is 6.08 Å². The van der Waals surface area contributed by atoms with Crippen molar-refractivity contribution < 1.29 is 14.3 Å². The van der Waals surface area contributed by atoms with E-state index in [0.717, 1.165) is 16.7 Å². The van der Waals surface area contributed by atoms with E-state index in [1.807, 2.05) is 85.8 Å². The number of ether oxygens (including phenoxy) is 2. The lowest BCUT2D eigenvalue weighted by atomic mass is 10.1. The molecule has 5 heteroatoms. The molecule has 0 bridgehead atoms. The summed E-state index contributed by atoms with van der Waals surface area (Å²) in [6, 6.07) is 34.5. The van der Waals surface area contributed by atoms with Crippen LogP contribution in [0.4, 0.5) is 5.69 Å². The summed E-state index contributed by atoms with van der Waals surface area (Å²) in [7, 11) is 0. The van der Waals surface area contributed by atoms with Gasteiger partial charge >= 0.3 is 0 Å². The Morgan fingerprint density at radius 3 is 1.97 bits per heavy atom. The van der Waals surface area contributed by atoms with Crippen LogP contribution in [-0.2, 0) is 18.0 Å². The van der Waals surface area contributed by atoms with Crippen LogP contribution < -0.4 is 14.8 Å². The number of nitrogens with one attached hydrogen (secondary N) is 1. The van der Waals surface area contributed by atoms with E-state index in [-0.39, 0.29) is 5.57 Å². The number of rotatable bonds is 9. The Morgan fingerprint density at radius 1 is 0.806 bits per heavy atom. The van der Waals surface area contributed by atoms with Crippen LogP contribution >= 0.6 is 0 Å². The van der Waals surface area contributed by atoms with Crippen LogP contribution in [0.1, 0.15) is 22.3 Å². The number of hydrogen-bond donors (Lipinski definition) is 1. The summed E-state index contributed by atoms with van der Waals surface area (Å²) in [5.74, 6) is 0.631. The number of nitrogens with zero attached hydrogens (tertiary/aromatic N) is 1. The maximum atomic E-state index is 12.7. The third-order valence-electron chi connectivity index (χ3n) is 5.43. The van der Waals surface area contributed by atoms with Gasteiger partial charge < -0.3 is 14.8 Å². The van der Waals surface area contributed by atoms with Crippen LogP contribution in [0.3, 0.4) is 0 Å². The highest BCUT2D eigenvalue weighted by Gasteiger charge is 2.12. The molecule has 0 atom stereocenters. The van der Waals surface area contributed by atoms with E-state index in [4.69, 9.17) is 9.47 Å². The Kier molecular flexibility index (Phi) is 8.14. The van der Waals surface area contributed by atoms with Crippen molar-refractivity contribution in [2.24, 2.45) is 0 Å². The zero-order valence-corrected chi connectivity index (χ0v) is 20.0. The number of carbonyl (C=O) groups is 1. The third-order valence-corrected chi connectivity index (χ3v) is 5.43. The number of carbonyl (C=O) groups excluding carboxylic acids is 1. The Bertz CT molecular complexity index is 1370. The molecule has 0 aromatic heterocycles. The summed E-state index contributed by atoms with van der Waals surface area (Å²) in [6.07, 6.45) is 1.54. The molecular weight excluding hydrogens is 448 g/mol. The lowest BCUT2D eigenvalue weighted by molar-refractivity contribution is -0.112. The second kappa shape index (κ2) is 12.0. The van der Waals surface area contributed by atoms with Crippen LogP contribution in [0, 0.1) is 18.3 Å². The van der Waals surface area contributed by atoms with Gasteiger partial charge in [0.1, 0.15) is 24.9 Å². The summed E-state index contributed by atoms with van der Waals surface area (Å²) in [5.41, 5.74) is 4.41. The monoisotopic (exact) mass is 474 g/mol. The quantitative estimate of drug-likeness (QED) is 0.216. The van der Waals surface area contributed by atoms with Gasteiger partial charge in [0.25, 0.3) is 5.91 Å². The van der Waals surface area contributed by atoms with Crippen molar-refractivity contribution in [3.8, 4) is 17.6 Å². The Labute approximate surface area is 211 Å². The normalized spacial score (nSPS) is 10.8. The molecule has 0 aliphatic rings. The molecule has 178 valence electrons. The minimum Gasteiger partial charge on any atom is -0.485 e. The van der Waals surface area contributed by atoms with Crippen molar-refractivity contribution in [3.05, 3.63) is 131 Å². The molecule has 5 nitrogen and oxygen atoms in total. The maximum absolute atomic E-state index is 12.7. The van der Waals surface area contributed by atoms with Gasteiger partial charge in [-0.05, 0) is 54.0 Å². The molecule has 0 saturated heterocycles. The second-order valence-corrected chi connectivity index (χ2v) is 8.24. The summed E-state index contributed by atoms with van der Waals surface area (Å²) in [4.78, 5) is 12.7. The van der Waals surface area contributed by atoms with Gasteiger partial charge in [0.2, 0.25) is 0 Å². The van der Waals surface area contributed by atoms with Gasteiger partial charge in [0.05, 0.1) is 0 Å². The van der Waals surface area contributed by atoms with Gasteiger partial charge in [-0.25, -0.2) is 0 Å². The maximum Gasteiger partial charge on any atom is 0.266 e. The van der Waals surface area contributed by atoms with Crippen molar-refractivity contribution in [2.45, 2.75) is 20.1 Å². The molecule has 0 unspecified atom stereocenters. The predicted octanol–water partition coefficient (Wildman–Crippen LogP) is 6.70. The van der Waals surface area contributed by atoms with Crippen molar-refractivity contribution in [2.75, 3.05) is 5.32 Å². The van der Waals surface area contributed by atoms with E-state index in [9.17, 15) is 10.1 Å². The zero-order valence-electron chi connectivity index (χ0n) is 20.0. The third kappa shape index (κ3) is 6.85. The molecule has 4 rings (SSSR count). The summed E-state index contributed by atoms with van der Waals surface area (Å²) in [6.45, 7) is 2.71. The molecule has 0 aliphatic carbocycles. The summed E-state index contributed by atoms with van der Waals surface area (Å²) >= 11 is 0. The molecule has 0 heterocycles. The zero-order chi connectivity index (χ0) is 25.2. The standard InChI is InChI=1S/C31H26N2O3/c1-23-12-15-28(16-13-23)33-31(34)27(20-32)18-26-14-17-29(35-21-24-8-4-2-5-9-24)30(19-26)36-22-25-10-6-3-7-11-25/h2-19H,21-22H2,1H3,(H,33,34)/b27-18+. The molecule has 0 fully saturated rings. The van der Waals surface area contributed by atoms with Crippen LogP contribution in [0.2, 0.25) is 0 Å². The fourth-order valence-electron chi connectivity index (χ4n) is 3.47. The minimum absolute atomic E-state index is 0.0115. The van der Waals surface area contributed by atoms with Gasteiger partial charge in [-0.15, -0.1) is 0 Å². The number of anilines is 1. The van der Waals surface area contributed by atoms with Gasteiger partial charge in [-0.1, -0.05) is 84.4 Å². The first-order chi connectivity index (χ1) is 17.6. The molecular formula is C31H26N2O3. The highest BCUT2D eigenvalue weighted by Crippen LogP contribution is 2.31. The number of amides is 1. The van der Waals surface area contributed by atoms with E-state index in [2.05, 4.69) is 5.32 Å². The van der Waals surface area contributed by atoms with Crippen LogP contribution in [-0.4, -0.2) is 5.91 Å². The highest BCUT2D eigenvalue weighted by molar-refractivity contribution is 6.09. The topological polar surface area (TPSA) is 71.4 Å². The Hall–Kier alpha value is -4.82. The van der Waals surface area contributed by atoms with E-state index in [0.29, 0.717) is 36.0 Å². The molecule has 0 radical (unpaired) electrons. The number of hydrogen-bond acceptors (Lipinski definition) is 4. The first-order valence-corrected chi connectivity index (χ1v) is 11.6. The van der Waals surface area contributed by atoms with E-state index >= 15 is 0 Å². The van der Waals surface area contributed by atoms with Gasteiger partial charge in [-0.3, -0.25) is 4.79 Å². The smallest absolute Gasteiger partial charge is 0.266 e. The highest BCUT2D eigenvalue weighted by atomic mass is 16.5. The number of benzene rings is 4. The molecule has 4 aromatic rings. The first-order valence-electron chi connectivity index (χ1n) is 11.6. The molecule has 1 N–H and O–H groups in total. The van der Waals surface area contributed by atoms with Crippen molar-refractivity contribution >= 4 is 17.7 Å². The molecule has 0 aliphatic heterocycles. The fraction of sp³-hybridized carbons (Fsp3) is 0.0968. The molecule has 1 amide bonds. The minimum atomic E-state index is -0.475. The first kappa shape index (κ1) is 24.3. The van der Waals surface area contributed by atoms with Crippen molar-refractivity contribution in [1.29, 1.82) is 5.26 Å². The van der Waals surface area contributed by atoms with E-state index in [1.165, 1.54) is 0 Å². The average Bonchev–Trinajstić information content (AvgIpc) is 2.92. The van der Waals surface area contributed by atoms with E-state index in [1.54, 1.807) is 36.4 Å². The average molecular weight is 475 g/mol. The molecule has 36 heavy (non-hydrogen) atoms. The Balaban J connectivity index is 1.55. The van der Waals surface area contributed by atoms with Crippen molar-refractivity contribution in [3.63, 3.8) is 0 Å². The SMILES string of the molecule is Cc1ccc(NC(=O)/C(C#N)=C/c2ccc(OCc3ccccc3)c(OCc3ccccc3)c2)cc1. The number of aryl methyl sites for hydroxylation is 1. The van der Waals surface area contributed by atoms with Crippen LogP contribution in [0.5, 0.6) is 11.5 Å². The summed E-state index contributed by atoms with van der Waals surface area (Å²) < 4.78 is 12.1. The van der Waals surface area contributed by atoms with E-state index < -0.39 is 5.91 Å². The molecule has 0 spiro atoms.